The minimum absolute atomic E-state index is 0.0768. The van der Waals surface area contributed by atoms with Gasteiger partial charge in [-0.1, -0.05) is 0 Å². The Morgan fingerprint density at radius 2 is 2.00 bits per heavy atom. The van der Waals surface area contributed by atoms with Crippen LogP contribution < -0.4 is 10.1 Å². The smallest absolute Gasteiger partial charge is 0.387 e. The average Bonchev–Trinajstić information content (AvgIpc) is 2.53. The molecule has 1 saturated heterocycles. The van der Waals surface area contributed by atoms with E-state index in [1.165, 1.54) is 24.3 Å². The first-order chi connectivity index (χ1) is 11.0. The Labute approximate surface area is 131 Å². The molecule has 6 nitrogen and oxygen atoms in total. The van der Waals surface area contributed by atoms with E-state index in [0.717, 1.165) is 6.42 Å². The monoisotopic (exact) mass is 329 g/mol. The normalized spacial score (nSPS) is 19.2. The number of carboxylic acids is 1. The molecule has 2 unspecified atom stereocenters. The molecule has 1 fully saturated rings. The number of hydrogen-bond acceptors (Lipinski definition) is 4. The van der Waals surface area contributed by atoms with E-state index >= 15 is 0 Å². The van der Waals surface area contributed by atoms with E-state index in [2.05, 4.69) is 10.1 Å². The Kier molecular flexibility index (Phi) is 5.86. The zero-order valence-electron chi connectivity index (χ0n) is 12.2. The van der Waals surface area contributed by atoms with E-state index in [-0.39, 0.29) is 23.8 Å². The molecular weight excluding hydrogens is 312 g/mol. The molecule has 0 radical (unpaired) electrons. The number of alkyl halides is 2. The van der Waals surface area contributed by atoms with Crippen LogP contribution in [0.5, 0.6) is 5.75 Å². The van der Waals surface area contributed by atoms with Gasteiger partial charge < -0.3 is 19.9 Å². The second kappa shape index (κ2) is 7.87. The number of rotatable bonds is 6. The largest absolute Gasteiger partial charge is 0.480 e. The fraction of sp³-hybridized carbons (Fsp3) is 0.467. The first-order valence-corrected chi connectivity index (χ1v) is 7.13. The Bertz CT molecular complexity index is 543. The number of benzene rings is 1. The van der Waals surface area contributed by atoms with Crippen molar-refractivity contribution in [2.24, 2.45) is 5.92 Å². The van der Waals surface area contributed by atoms with Crippen LogP contribution >= 0.6 is 0 Å². The van der Waals surface area contributed by atoms with Crippen molar-refractivity contribution in [3.63, 3.8) is 0 Å². The number of halogens is 2. The average molecular weight is 329 g/mol. The Morgan fingerprint density at radius 1 is 1.30 bits per heavy atom. The molecule has 0 spiro atoms. The lowest BCUT2D eigenvalue weighted by atomic mass is 9.93. The van der Waals surface area contributed by atoms with Gasteiger partial charge in [-0.3, -0.25) is 4.79 Å². The molecule has 0 saturated carbocycles. The van der Waals surface area contributed by atoms with Crippen molar-refractivity contribution < 1.29 is 33.0 Å². The summed E-state index contributed by atoms with van der Waals surface area (Å²) < 4.78 is 33.6. The lowest BCUT2D eigenvalue weighted by molar-refractivity contribution is -0.142. The van der Waals surface area contributed by atoms with Crippen molar-refractivity contribution in [3.05, 3.63) is 29.8 Å². The number of ether oxygens (including phenoxy) is 2. The highest BCUT2D eigenvalue weighted by molar-refractivity contribution is 5.96. The number of amides is 1. The van der Waals surface area contributed by atoms with Gasteiger partial charge in [-0.2, -0.15) is 8.78 Å². The molecular formula is C15H17F2NO5. The molecule has 1 aliphatic heterocycles. The summed E-state index contributed by atoms with van der Waals surface area (Å²) in [5, 5.41) is 11.7. The quantitative estimate of drug-likeness (QED) is 0.833. The first-order valence-electron chi connectivity index (χ1n) is 7.13. The number of nitrogens with one attached hydrogen (secondary N) is 1. The van der Waals surface area contributed by atoms with E-state index in [9.17, 15) is 23.5 Å². The summed E-state index contributed by atoms with van der Waals surface area (Å²) in [5.74, 6) is -2.10. The molecule has 126 valence electrons. The summed E-state index contributed by atoms with van der Waals surface area (Å²) in [6.45, 7) is -2.08. The highest BCUT2D eigenvalue weighted by atomic mass is 19.3. The molecule has 23 heavy (non-hydrogen) atoms. The summed E-state index contributed by atoms with van der Waals surface area (Å²) in [6, 6.07) is 3.98. The van der Waals surface area contributed by atoms with Crippen LogP contribution in [0, 0.1) is 5.92 Å². The molecule has 1 aliphatic rings. The van der Waals surface area contributed by atoms with Crippen molar-refractivity contribution in [1.82, 2.24) is 5.32 Å². The van der Waals surface area contributed by atoms with Gasteiger partial charge in [0.25, 0.3) is 5.91 Å². The van der Waals surface area contributed by atoms with Crippen LogP contribution in [-0.2, 0) is 9.53 Å². The zero-order chi connectivity index (χ0) is 16.8. The number of hydrogen-bond donors (Lipinski definition) is 2. The molecule has 1 aromatic rings. The highest BCUT2D eigenvalue weighted by Crippen LogP contribution is 2.19. The molecule has 1 heterocycles. The Balaban J connectivity index is 2.01. The van der Waals surface area contributed by atoms with Crippen molar-refractivity contribution >= 4 is 11.9 Å². The minimum Gasteiger partial charge on any atom is -0.480 e. The van der Waals surface area contributed by atoms with E-state index in [1.807, 2.05) is 0 Å². The fourth-order valence-corrected chi connectivity index (χ4v) is 2.42. The van der Waals surface area contributed by atoms with E-state index in [0.29, 0.717) is 13.0 Å². The van der Waals surface area contributed by atoms with Crippen LogP contribution in [0.3, 0.4) is 0 Å². The summed E-state index contributed by atoms with van der Waals surface area (Å²) in [6.07, 6.45) is 1.39. The van der Waals surface area contributed by atoms with Gasteiger partial charge in [0.1, 0.15) is 11.8 Å². The molecule has 2 atom stereocenters. The van der Waals surface area contributed by atoms with Gasteiger partial charge in [-0.15, -0.1) is 0 Å². The maximum absolute atomic E-state index is 12.1. The molecule has 1 aromatic carbocycles. The van der Waals surface area contributed by atoms with Crippen molar-refractivity contribution in [3.8, 4) is 5.75 Å². The molecule has 0 bridgehead atoms. The van der Waals surface area contributed by atoms with Crippen LogP contribution in [0.15, 0.2) is 24.3 Å². The highest BCUT2D eigenvalue weighted by Gasteiger charge is 2.31. The standard InChI is InChI=1S/C15H17F2NO5/c16-15(17)23-11-5-3-9(4-6-11)13(19)18-12(14(20)21)10-2-1-7-22-8-10/h3-6,10,12,15H,1-2,7-8H2,(H,18,19)(H,20,21). The number of carbonyl (C=O) groups is 2. The molecule has 0 aliphatic carbocycles. The predicted molar refractivity (Wildman–Crippen MR) is 75.5 cm³/mol. The summed E-state index contributed by atoms with van der Waals surface area (Å²) >= 11 is 0. The lowest BCUT2D eigenvalue weighted by Gasteiger charge is -2.28. The predicted octanol–water partition coefficient (Wildman–Crippen LogP) is 1.90. The van der Waals surface area contributed by atoms with Gasteiger partial charge in [-0.25, -0.2) is 4.79 Å². The van der Waals surface area contributed by atoms with Crippen molar-refractivity contribution in [1.29, 1.82) is 0 Å². The third-order valence-electron chi connectivity index (χ3n) is 3.56. The topological polar surface area (TPSA) is 84.9 Å². The lowest BCUT2D eigenvalue weighted by Crippen LogP contribution is -2.48. The first kappa shape index (κ1) is 17.1. The van der Waals surface area contributed by atoms with Crippen molar-refractivity contribution in [2.75, 3.05) is 13.2 Å². The zero-order valence-corrected chi connectivity index (χ0v) is 12.2. The fourth-order valence-electron chi connectivity index (χ4n) is 2.42. The van der Waals surface area contributed by atoms with Crippen LogP contribution in [-0.4, -0.2) is 42.9 Å². The van der Waals surface area contributed by atoms with Gasteiger partial charge >= 0.3 is 12.6 Å². The Hall–Kier alpha value is -2.22. The van der Waals surface area contributed by atoms with E-state index < -0.39 is 24.5 Å². The van der Waals surface area contributed by atoms with Crippen LogP contribution in [0.1, 0.15) is 23.2 Å². The van der Waals surface area contributed by atoms with Gasteiger partial charge in [0.05, 0.1) is 6.61 Å². The van der Waals surface area contributed by atoms with Crippen LogP contribution in [0.4, 0.5) is 8.78 Å². The summed E-state index contributed by atoms with van der Waals surface area (Å²) in [7, 11) is 0. The molecule has 0 aromatic heterocycles. The van der Waals surface area contributed by atoms with E-state index in [1.54, 1.807) is 0 Å². The number of aliphatic carboxylic acids is 1. The number of carbonyl (C=O) groups excluding carboxylic acids is 1. The van der Waals surface area contributed by atoms with Gasteiger partial charge in [0.2, 0.25) is 0 Å². The summed E-state index contributed by atoms with van der Waals surface area (Å²) in [4.78, 5) is 23.5. The van der Waals surface area contributed by atoms with Gasteiger partial charge in [0.15, 0.2) is 0 Å². The second-order valence-electron chi connectivity index (χ2n) is 5.17. The van der Waals surface area contributed by atoms with E-state index in [4.69, 9.17) is 4.74 Å². The molecule has 2 rings (SSSR count). The van der Waals surface area contributed by atoms with Crippen LogP contribution in [0.25, 0.3) is 0 Å². The second-order valence-corrected chi connectivity index (χ2v) is 5.17. The minimum atomic E-state index is -2.95. The SMILES string of the molecule is O=C(NC(C(=O)O)C1CCCOC1)c1ccc(OC(F)F)cc1. The summed E-state index contributed by atoms with van der Waals surface area (Å²) in [5.41, 5.74) is 0.162. The maximum atomic E-state index is 12.1. The molecule has 2 N–H and O–H groups in total. The number of carboxylic acid groups (broad SMARTS) is 1. The molecule has 8 heteroatoms. The third-order valence-corrected chi connectivity index (χ3v) is 3.56. The van der Waals surface area contributed by atoms with Gasteiger partial charge in [-0.05, 0) is 37.1 Å². The Morgan fingerprint density at radius 3 is 2.52 bits per heavy atom. The van der Waals surface area contributed by atoms with Crippen LogP contribution in [0.2, 0.25) is 0 Å². The maximum Gasteiger partial charge on any atom is 0.387 e. The van der Waals surface area contributed by atoms with Gasteiger partial charge in [0, 0.05) is 18.1 Å². The van der Waals surface area contributed by atoms with Crippen molar-refractivity contribution in [2.45, 2.75) is 25.5 Å². The third kappa shape index (κ3) is 4.88. The molecule has 1 amide bonds.